The normalized spacial score (nSPS) is 12.0. The fourth-order valence-corrected chi connectivity index (χ4v) is 1.84. The van der Waals surface area contributed by atoms with E-state index in [1.165, 1.54) is 11.8 Å². The molecule has 0 saturated carbocycles. The Hall–Kier alpha value is -2.63. The van der Waals surface area contributed by atoms with E-state index in [4.69, 9.17) is 9.15 Å². The molecular formula is C15H15NO5. The number of hydrogen-bond acceptors (Lipinski definition) is 5. The minimum atomic E-state index is -0.954. The summed E-state index contributed by atoms with van der Waals surface area (Å²) in [6, 6.07) is 7.65. The van der Waals surface area contributed by atoms with Crippen LogP contribution in [-0.4, -0.2) is 37.0 Å². The predicted octanol–water partition coefficient (Wildman–Crippen LogP) is 1.43. The zero-order valence-corrected chi connectivity index (χ0v) is 12.0. The molecule has 110 valence electrons. The summed E-state index contributed by atoms with van der Waals surface area (Å²) in [6.07, 6.45) is -0.954. The second kappa shape index (κ2) is 5.78. The van der Waals surface area contributed by atoms with Crippen molar-refractivity contribution in [2.24, 2.45) is 0 Å². The van der Waals surface area contributed by atoms with Crippen LogP contribution in [0.25, 0.3) is 11.0 Å². The molecule has 0 bridgehead atoms. The number of hydrogen-bond donors (Lipinski definition) is 0. The topological polar surface area (TPSA) is 76.8 Å². The monoisotopic (exact) mass is 289 g/mol. The first-order chi connectivity index (χ1) is 9.90. The van der Waals surface area contributed by atoms with Gasteiger partial charge in [-0.3, -0.25) is 9.59 Å². The van der Waals surface area contributed by atoms with E-state index in [9.17, 15) is 14.4 Å². The molecule has 1 amide bonds. The highest BCUT2D eigenvalue weighted by atomic mass is 16.6. The number of ether oxygens (including phenoxy) is 1. The van der Waals surface area contributed by atoms with Gasteiger partial charge in [-0.25, -0.2) is 4.79 Å². The third-order valence-corrected chi connectivity index (χ3v) is 2.91. The minimum absolute atomic E-state index is 0.225. The number of fused-ring (bicyclic) bond motifs is 1. The summed E-state index contributed by atoms with van der Waals surface area (Å²) < 4.78 is 10.3. The van der Waals surface area contributed by atoms with Crippen molar-refractivity contribution in [3.63, 3.8) is 0 Å². The molecule has 0 aliphatic rings. The molecule has 0 aliphatic carbocycles. The van der Waals surface area contributed by atoms with E-state index in [2.05, 4.69) is 0 Å². The summed E-state index contributed by atoms with van der Waals surface area (Å²) >= 11 is 0. The van der Waals surface area contributed by atoms with Gasteiger partial charge < -0.3 is 14.1 Å². The van der Waals surface area contributed by atoms with Gasteiger partial charge in [-0.15, -0.1) is 0 Å². The quantitative estimate of drug-likeness (QED) is 0.799. The number of benzene rings is 1. The van der Waals surface area contributed by atoms with Crippen molar-refractivity contribution in [3.8, 4) is 0 Å². The molecule has 0 radical (unpaired) electrons. The van der Waals surface area contributed by atoms with Gasteiger partial charge in [0.25, 0.3) is 5.91 Å². The minimum Gasteiger partial charge on any atom is -0.449 e. The summed E-state index contributed by atoms with van der Waals surface area (Å²) in [6.45, 7) is 1.46. The zero-order chi connectivity index (χ0) is 15.6. The van der Waals surface area contributed by atoms with Crippen LogP contribution in [0.1, 0.15) is 17.5 Å². The molecule has 1 atom stereocenters. The highest BCUT2D eigenvalue weighted by Crippen LogP contribution is 2.13. The Morgan fingerprint density at radius 3 is 2.57 bits per heavy atom. The van der Waals surface area contributed by atoms with E-state index in [-0.39, 0.29) is 17.1 Å². The molecule has 0 fully saturated rings. The van der Waals surface area contributed by atoms with Crippen molar-refractivity contribution in [2.75, 3.05) is 14.1 Å². The number of esters is 1. The van der Waals surface area contributed by atoms with E-state index < -0.39 is 12.1 Å². The second-order valence-corrected chi connectivity index (χ2v) is 4.75. The van der Waals surface area contributed by atoms with Gasteiger partial charge in [0.1, 0.15) is 5.58 Å². The summed E-state index contributed by atoms with van der Waals surface area (Å²) in [4.78, 5) is 36.8. The molecule has 2 rings (SSSR count). The van der Waals surface area contributed by atoms with Crippen molar-refractivity contribution >= 4 is 22.8 Å². The molecule has 6 heteroatoms. The smallest absolute Gasteiger partial charge is 0.375 e. The highest BCUT2D eigenvalue weighted by molar-refractivity contribution is 5.91. The summed E-state index contributed by atoms with van der Waals surface area (Å²) in [5.41, 5.74) is -0.0427. The SMILES string of the molecule is C[C@H](OC(=O)c1cc(=O)c2ccccc2o1)C(=O)N(C)C. The number of carbonyl (C=O) groups excluding carboxylic acids is 2. The molecule has 1 aromatic heterocycles. The first-order valence-electron chi connectivity index (χ1n) is 6.35. The molecule has 0 unspecified atom stereocenters. The van der Waals surface area contributed by atoms with Crippen LogP contribution >= 0.6 is 0 Å². The molecule has 6 nitrogen and oxygen atoms in total. The predicted molar refractivity (Wildman–Crippen MR) is 76.1 cm³/mol. The molecule has 0 N–H and O–H groups in total. The van der Waals surface area contributed by atoms with Gasteiger partial charge in [-0.05, 0) is 19.1 Å². The average molecular weight is 289 g/mol. The average Bonchev–Trinajstić information content (AvgIpc) is 2.46. The number of rotatable bonds is 3. The van der Waals surface area contributed by atoms with Gasteiger partial charge in [-0.1, -0.05) is 12.1 Å². The van der Waals surface area contributed by atoms with E-state index in [0.29, 0.717) is 11.0 Å². The standard InChI is InChI=1S/C15H15NO5/c1-9(14(18)16(2)3)20-15(19)13-8-11(17)10-6-4-5-7-12(10)21-13/h4-9H,1-3H3/t9-/m0/s1. The van der Waals surface area contributed by atoms with Gasteiger partial charge in [-0.2, -0.15) is 0 Å². The first-order valence-corrected chi connectivity index (χ1v) is 6.35. The van der Waals surface area contributed by atoms with Gasteiger partial charge in [0.2, 0.25) is 5.76 Å². The van der Waals surface area contributed by atoms with Crippen molar-refractivity contribution in [3.05, 3.63) is 46.3 Å². The number of para-hydroxylation sites is 1. The fraction of sp³-hybridized carbons (Fsp3) is 0.267. The van der Waals surface area contributed by atoms with E-state index in [1.54, 1.807) is 38.4 Å². The molecule has 0 spiro atoms. The Balaban J connectivity index is 2.28. The fourth-order valence-electron chi connectivity index (χ4n) is 1.84. The first kappa shape index (κ1) is 14.8. The molecule has 2 aromatic rings. The van der Waals surface area contributed by atoms with Crippen LogP contribution in [0.3, 0.4) is 0 Å². The molecule has 21 heavy (non-hydrogen) atoms. The van der Waals surface area contributed by atoms with Crippen molar-refractivity contribution < 1.29 is 18.7 Å². The van der Waals surface area contributed by atoms with Crippen LogP contribution in [0.2, 0.25) is 0 Å². The molecule has 0 saturated heterocycles. The van der Waals surface area contributed by atoms with Crippen LogP contribution in [0.15, 0.2) is 39.5 Å². The summed E-state index contributed by atoms with van der Waals surface area (Å²) in [7, 11) is 3.12. The summed E-state index contributed by atoms with van der Waals surface area (Å²) in [5, 5.41) is 0.381. The van der Waals surface area contributed by atoms with Crippen molar-refractivity contribution in [2.45, 2.75) is 13.0 Å². The lowest BCUT2D eigenvalue weighted by atomic mass is 10.2. The molecule has 0 aliphatic heterocycles. The lowest BCUT2D eigenvalue weighted by Gasteiger charge is -2.16. The van der Waals surface area contributed by atoms with E-state index in [0.717, 1.165) is 6.07 Å². The third-order valence-electron chi connectivity index (χ3n) is 2.91. The summed E-state index contributed by atoms with van der Waals surface area (Å²) in [5.74, 6) is -1.43. The number of carbonyl (C=O) groups is 2. The Morgan fingerprint density at radius 2 is 1.90 bits per heavy atom. The Labute approximate surface area is 120 Å². The maximum absolute atomic E-state index is 12.0. The largest absolute Gasteiger partial charge is 0.449 e. The Morgan fingerprint density at radius 1 is 1.24 bits per heavy atom. The Kier molecular flexibility index (Phi) is 4.07. The second-order valence-electron chi connectivity index (χ2n) is 4.75. The molecule has 1 aromatic carbocycles. The maximum atomic E-state index is 12.0. The van der Waals surface area contributed by atoms with Gasteiger partial charge in [0.05, 0.1) is 5.39 Å². The van der Waals surface area contributed by atoms with Crippen molar-refractivity contribution in [1.29, 1.82) is 0 Å². The van der Waals surface area contributed by atoms with E-state index >= 15 is 0 Å². The van der Waals surface area contributed by atoms with E-state index in [1.807, 2.05) is 0 Å². The third kappa shape index (κ3) is 3.10. The van der Waals surface area contributed by atoms with Crippen LogP contribution in [-0.2, 0) is 9.53 Å². The molecular weight excluding hydrogens is 274 g/mol. The van der Waals surface area contributed by atoms with Crippen LogP contribution in [0, 0.1) is 0 Å². The number of amides is 1. The number of nitrogens with zero attached hydrogens (tertiary/aromatic N) is 1. The van der Waals surface area contributed by atoms with Crippen LogP contribution < -0.4 is 5.43 Å². The van der Waals surface area contributed by atoms with Gasteiger partial charge >= 0.3 is 5.97 Å². The Bertz CT molecular complexity index is 747. The van der Waals surface area contributed by atoms with Crippen LogP contribution in [0.4, 0.5) is 0 Å². The molecule has 1 heterocycles. The maximum Gasteiger partial charge on any atom is 0.375 e. The van der Waals surface area contributed by atoms with Gasteiger partial charge in [0.15, 0.2) is 11.5 Å². The van der Waals surface area contributed by atoms with Crippen LogP contribution in [0.5, 0.6) is 0 Å². The lowest BCUT2D eigenvalue weighted by Crippen LogP contribution is -2.35. The van der Waals surface area contributed by atoms with Gasteiger partial charge in [0, 0.05) is 20.2 Å². The lowest BCUT2D eigenvalue weighted by molar-refractivity contribution is -0.137. The zero-order valence-electron chi connectivity index (χ0n) is 12.0. The van der Waals surface area contributed by atoms with Crippen molar-refractivity contribution in [1.82, 2.24) is 4.90 Å². The highest BCUT2D eigenvalue weighted by Gasteiger charge is 2.22. The number of likely N-dealkylation sites (N-methyl/N-ethyl adjacent to an activating group) is 1.